The summed E-state index contributed by atoms with van der Waals surface area (Å²) in [7, 11) is 0. The Hall–Kier alpha value is -2.09. The first-order valence-electron chi connectivity index (χ1n) is 9.48. The van der Waals surface area contributed by atoms with E-state index in [9.17, 15) is 4.79 Å². The van der Waals surface area contributed by atoms with Crippen LogP contribution in [0.25, 0.3) is 5.57 Å². The van der Waals surface area contributed by atoms with E-state index in [1.54, 1.807) is 17.7 Å². The predicted octanol–water partition coefficient (Wildman–Crippen LogP) is 6.51. The fourth-order valence-corrected chi connectivity index (χ4v) is 4.54. The number of hydrogen-bond donors (Lipinski definition) is 1. The highest BCUT2D eigenvalue weighted by molar-refractivity contribution is 5.89. The maximum Gasteiger partial charge on any atom is 0.335 e. The lowest BCUT2D eigenvalue weighted by molar-refractivity contribution is 0.0697. The van der Waals surface area contributed by atoms with E-state index in [2.05, 4.69) is 47.3 Å². The Labute approximate surface area is 157 Å². The zero-order chi connectivity index (χ0) is 19.3. The van der Waals surface area contributed by atoms with Crippen molar-refractivity contribution in [2.45, 2.75) is 53.9 Å². The van der Waals surface area contributed by atoms with Gasteiger partial charge >= 0.3 is 5.97 Å². The zero-order valence-electron chi connectivity index (χ0n) is 16.6. The second-order valence-corrected chi connectivity index (χ2v) is 9.28. The molecule has 0 bridgehead atoms. The molecule has 2 nitrogen and oxygen atoms in total. The van der Waals surface area contributed by atoms with Crippen LogP contribution in [0.4, 0.5) is 0 Å². The van der Waals surface area contributed by atoms with Gasteiger partial charge in [-0.05, 0) is 71.8 Å². The lowest BCUT2D eigenvalue weighted by Crippen LogP contribution is -2.39. The van der Waals surface area contributed by atoms with E-state index in [0.29, 0.717) is 16.9 Å². The maximum atomic E-state index is 11.1. The van der Waals surface area contributed by atoms with Gasteiger partial charge in [-0.25, -0.2) is 4.79 Å². The Balaban J connectivity index is 1.99. The highest BCUT2D eigenvalue weighted by Gasteiger charge is 2.45. The Morgan fingerprint density at radius 2 is 1.65 bits per heavy atom. The molecule has 2 aliphatic rings. The van der Waals surface area contributed by atoms with Crippen LogP contribution in [-0.2, 0) is 0 Å². The summed E-state index contributed by atoms with van der Waals surface area (Å²) in [5, 5.41) is 9.10. The van der Waals surface area contributed by atoms with E-state index in [1.165, 1.54) is 24.0 Å². The molecule has 0 aliphatic heterocycles. The van der Waals surface area contributed by atoms with Crippen LogP contribution in [0.1, 0.15) is 69.8 Å². The summed E-state index contributed by atoms with van der Waals surface area (Å²) in [5.74, 6) is -0.302. The van der Waals surface area contributed by atoms with E-state index in [0.717, 1.165) is 17.6 Å². The molecule has 1 unspecified atom stereocenters. The quantitative estimate of drug-likeness (QED) is 0.675. The summed E-state index contributed by atoms with van der Waals surface area (Å²) in [6.07, 6.45) is 5.96. The predicted molar refractivity (Wildman–Crippen MR) is 108 cm³/mol. The minimum atomic E-state index is -0.897. The van der Waals surface area contributed by atoms with Crippen LogP contribution in [0.15, 0.2) is 53.6 Å². The highest BCUT2D eigenvalue weighted by Crippen LogP contribution is 2.56. The highest BCUT2D eigenvalue weighted by atomic mass is 16.4. The summed E-state index contributed by atoms with van der Waals surface area (Å²) in [4.78, 5) is 11.1. The molecule has 2 aliphatic carbocycles. The molecule has 0 aromatic heterocycles. The molecule has 1 aromatic rings. The van der Waals surface area contributed by atoms with Crippen LogP contribution < -0.4 is 0 Å². The SMILES string of the molecule is C=C(C1=C(C)CC2C(=C1)C(C)(C)CCC2(C)C)c1ccc(C(=O)O)cc1. The third kappa shape index (κ3) is 3.18. The van der Waals surface area contributed by atoms with E-state index < -0.39 is 5.97 Å². The molecule has 0 spiro atoms. The molecule has 138 valence electrons. The molecule has 0 radical (unpaired) electrons. The molecular weight excluding hydrogens is 320 g/mol. The summed E-state index contributed by atoms with van der Waals surface area (Å²) >= 11 is 0. The van der Waals surface area contributed by atoms with Crippen molar-refractivity contribution in [1.82, 2.24) is 0 Å². The Kier molecular flexibility index (Phi) is 4.50. The average Bonchev–Trinajstić information content (AvgIpc) is 2.58. The van der Waals surface area contributed by atoms with E-state index in [1.807, 2.05) is 12.1 Å². The summed E-state index contributed by atoms with van der Waals surface area (Å²) in [6, 6.07) is 7.05. The lowest BCUT2D eigenvalue weighted by Gasteiger charge is -2.50. The molecule has 26 heavy (non-hydrogen) atoms. The number of benzene rings is 1. The Bertz CT molecular complexity index is 816. The third-order valence-electron chi connectivity index (χ3n) is 6.57. The van der Waals surface area contributed by atoms with Crippen LogP contribution >= 0.6 is 0 Å². The Morgan fingerprint density at radius 3 is 2.23 bits per heavy atom. The molecule has 1 fully saturated rings. The van der Waals surface area contributed by atoms with Gasteiger partial charge in [-0.1, -0.05) is 63.6 Å². The summed E-state index contributed by atoms with van der Waals surface area (Å²) < 4.78 is 0. The second kappa shape index (κ2) is 6.26. The number of carboxylic acids is 1. The number of rotatable bonds is 3. The van der Waals surface area contributed by atoms with E-state index >= 15 is 0 Å². The van der Waals surface area contributed by atoms with Crippen molar-refractivity contribution in [3.8, 4) is 0 Å². The molecule has 3 rings (SSSR count). The standard InChI is InChI=1S/C24H30O2/c1-15-13-20-21(24(5,6)12-11-23(20,3)4)14-19(15)16(2)17-7-9-18(10-8-17)22(25)26/h7-10,14,20H,2,11-13H2,1,3-6H3,(H,25,26). The molecule has 1 atom stereocenters. The summed E-state index contributed by atoms with van der Waals surface area (Å²) in [6.45, 7) is 16.1. The molecule has 1 N–H and O–H groups in total. The first-order chi connectivity index (χ1) is 12.0. The number of carboxylic acid groups (broad SMARTS) is 1. The van der Waals surface area contributed by atoms with Crippen molar-refractivity contribution in [2.24, 2.45) is 16.7 Å². The maximum absolute atomic E-state index is 11.1. The number of fused-ring (bicyclic) bond motifs is 1. The van der Waals surface area contributed by atoms with Crippen molar-refractivity contribution in [2.75, 3.05) is 0 Å². The van der Waals surface area contributed by atoms with Crippen molar-refractivity contribution >= 4 is 11.5 Å². The first-order valence-corrected chi connectivity index (χ1v) is 9.48. The average molecular weight is 351 g/mol. The molecule has 0 heterocycles. The van der Waals surface area contributed by atoms with Gasteiger partial charge in [-0.3, -0.25) is 0 Å². The van der Waals surface area contributed by atoms with Crippen molar-refractivity contribution in [1.29, 1.82) is 0 Å². The van der Waals surface area contributed by atoms with E-state index in [4.69, 9.17) is 5.11 Å². The number of carbonyl (C=O) groups is 1. The van der Waals surface area contributed by atoms with Crippen LogP contribution in [0, 0.1) is 16.7 Å². The smallest absolute Gasteiger partial charge is 0.335 e. The van der Waals surface area contributed by atoms with Gasteiger partial charge in [-0.2, -0.15) is 0 Å². The fraction of sp³-hybridized carbons (Fsp3) is 0.458. The number of aromatic carboxylic acids is 1. The first kappa shape index (κ1) is 18.7. The van der Waals surface area contributed by atoms with Gasteiger partial charge in [0.15, 0.2) is 0 Å². The van der Waals surface area contributed by atoms with Gasteiger partial charge in [0.25, 0.3) is 0 Å². The van der Waals surface area contributed by atoms with Crippen LogP contribution in [0.5, 0.6) is 0 Å². The van der Waals surface area contributed by atoms with Crippen molar-refractivity contribution < 1.29 is 9.90 Å². The lowest BCUT2D eigenvalue weighted by atomic mass is 9.54. The molecule has 1 saturated carbocycles. The van der Waals surface area contributed by atoms with Gasteiger partial charge in [0.05, 0.1) is 5.56 Å². The fourth-order valence-electron chi connectivity index (χ4n) is 4.54. The zero-order valence-corrected chi connectivity index (χ0v) is 16.6. The number of hydrogen-bond acceptors (Lipinski definition) is 1. The van der Waals surface area contributed by atoms with Gasteiger partial charge < -0.3 is 5.11 Å². The minimum Gasteiger partial charge on any atom is -0.478 e. The third-order valence-corrected chi connectivity index (χ3v) is 6.57. The molecule has 0 saturated heterocycles. The number of allylic oxidation sites excluding steroid dienone is 5. The van der Waals surface area contributed by atoms with Crippen molar-refractivity contribution in [3.05, 3.63) is 64.8 Å². The van der Waals surface area contributed by atoms with Crippen LogP contribution in [-0.4, -0.2) is 11.1 Å². The monoisotopic (exact) mass is 350 g/mol. The second-order valence-electron chi connectivity index (χ2n) is 9.28. The topological polar surface area (TPSA) is 37.3 Å². The van der Waals surface area contributed by atoms with Crippen molar-refractivity contribution in [3.63, 3.8) is 0 Å². The van der Waals surface area contributed by atoms with Crippen LogP contribution in [0.3, 0.4) is 0 Å². The van der Waals surface area contributed by atoms with Gasteiger partial charge in [-0.15, -0.1) is 0 Å². The Morgan fingerprint density at radius 1 is 1.08 bits per heavy atom. The largest absolute Gasteiger partial charge is 0.478 e. The molecular formula is C24H30O2. The molecule has 1 aromatic carbocycles. The molecule has 0 amide bonds. The normalized spacial score (nSPS) is 23.9. The minimum absolute atomic E-state index is 0.222. The van der Waals surface area contributed by atoms with Gasteiger partial charge in [0, 0.05) is 0 Å². The van der Waals surface area contributed by atoms with Crippen LogP contribution in [0.2, 0.25) is 0 Å². The van der Waals surface area contributed by atoms with Gasteiger partial charge in [0.1, 0.15) is 0 Å². The van der Waals surface area contributed by atoms with Gasteiger partial charge in [0.2, 0.25) is 0 Å². The van der Waals surface area contributed by atoms with E-state index in [-0.39, 0.29) is 5.41 Å². The summed E-state index contributed by atoms with van der Waals surface area (Å²) in [5.41, 5.74) is 7.01. The molecule has 2 heteroatoms.